The van der Waals surface area contributed by atoms with E-state index in [9.17, 15) is 9.59 Å². The fourth-order valence-corrected chi connectivity index (χ4v) is 4.09. The van der Waals surface area contributed by atoms with Gasteiger partial charge in [-0.05, 0) is 17.7 Å². The van der Waals surface area contributed by atoms with Gasteiger partial charge in [-0.2, -0.15) is 4.98 Å². The Bertz CT molecular complexity index is 1240. The number of carbonyl (C=O) groups excluding carboxylic acids is 1. The first-order chi connectivity index (χ1) is 15.5. The van der Waals surface area contributed by atoms with Gasteiger partial charge in [-0.3, -0.25) is 4.57 Å². The summed E-state index contributed by atoms with van der Waals surface area (Å²) in [6, 6.07) is 7.23. The molecule has 1 amide bonds. The Labute approximate surface area is 189 Å². The summed E-state index contributed by atoms with van der Waals surface area (Å²) in [5, 5.41) is 0.698. The number of imidazole rings is 1. The number of likely N-dealkylation sites (tertiary alicyclic amines) is 1. The maximum absolute atomic E-state index is 13.1. The summed E-state index contributed by atoms with van der Waals surface area (Å²) in [5.41, 5.74) is 1.50. The van der Waals surface area contributed by atoms with Crippen molar-refractivity contribution in [2.45, 2.75) is 0 Å². The molecular formula is C22H23ClN6O3. The van der Waals surface area contributed by atoms with E-state index in [4.69, 9.17) is 16.3 Å². The number of halogens is 1. The Morgan fingerprint density at radius 2 is 1.91 bits per heavy atom. The van der Waals surface area contributed by atoms with E-state index >= 15 is 0 Å². The summed E-state index contributed by atoms with van der Waals surface area (Å²) in [6.45, 7) is 3.72. The van der Waals surface area contributed by atoms with Crippen molar-refractivity contribution in [2.75, 3.05) is 44.3 Å². The van der Waals surface area contributed by atoms with E-state index in [-0.39, 0.29) is 11.9 Å². The van der Waals surface area contributed by atoms with Crippen molar-refractivity contribution >= 4 is 40.8 Å². The third-order valence-electron chi connectivity index (χ3n) is 5.87. The predicted molar refractivity (Wildman–Crippen MR) is 122 cm³/mol. The maximum atomic E-state index is 13.1. The largest absolute Gasteiger partial charge is 0.378 e. The van der Waals surface area contributed by atoms with E-state index in [1.54, 1.807) is 18.1 Å². The fourth-order valence-electron chi connectivity index (χ4n) is 3.96. The first-order valence-corrected chi connectivity index (χ1v) is 10.9. The van der Waals surface area contributed by atoms with Crippen LogP contribution in [0.4, 0.5) is 10.7 Å². The highest BCUT2D eigenvalue weighted by Gasteiger charge is 2.32. The third kappa shape index (κ3) is 3.78. The van der Waals surface area contributed by atoms with E-state index in [2.05, 4.69) is 16.0 Å². The van der Waals surface area contributed by atoms with Crippen LogP contribution in [0.3, 0.4) is 0 Å². The van der Waals surface area contributed by atoms with Crippen molar-refractivity contribution in [3.8, 4) is 0 Å². The summed E-state index contributed by atoms with van der Waals surface area (Å²) in [5.74, 6) is 0.779. The van der Waals surface area contributed by atoms with Crippen LogP contribution < -0.4 is 10.6 Å². The summed E-state index contributed by atoms with van der Waals surface area (Å²) in [7, 11) is 1.62. The second-order valence-electron chi connectivity index (χ2n) is 8.01. The molecule has 0 saturated carbocycles. The number of rotatable bonds is 3. The van der Waals surface area contributed by atoms with Crippen LogP contribution in [-0.4, -0.2) is 69.4 Å². The van der Waals surface area contributed by atoms with Gasteiger partial charge in [0.1, 0.15) is 5.52 Å². The van der Waals surface area contributed by atoms with Crippen molar-refractivity contribution in [3.63, 3.8) is 0 Å². The summed E-state index contributed by atoms with van der Waals surface area (Å²) in [6.07, 6.45) is 5.66. The van der Waals surface area contributed by atoms with Gasteiger partial charge in [-0.25, -0.2) is 19.1 Å². The highest BCUT2D eigenvalue weighted by atomic mass is 35.5. The zero-order valence-electron chi connectivity index (χ0n) is 17.6. The molecule has 2 aliphatic heterocycles. The van der Waals surface area contributed by atoms with E-state index < -0.39 is 5.69 Å². The van der Waals surface area contributed by atoms with Crippen molar-refractivity contribution in [3.05, 3.63) is 57.6 Å². The molecule has 5 rings (SSSR count). The second-order valence-corrected chi connectivity index (χ2v) is 8.45. The Morgan fingerprint density at radius 3 is 2.62 bits per heavy atom. The standard InChI is InChI=1S/C22H23ClN6O3/c1-26-19-18(12-24-20(25-19)27-8-10-32-11-9-27)29(21(26)30)22(31)28-13-16(14-28)3-2-15-4-6-17(23)7-5-15/h2-7,12,16H,8-11,13-14H2,1H3/b3-2+. The highest BCUT2D eigenvalue weighted by Crippen LogP contribution is 2.22. The Kier molecular flexibility index (Phi) is 5.44. The zero-order valence-corrected chi connectivity index (χ0v) is 18.4. The molecule has 4 heterocycles. The first kappa shape index (κ1) is 20.7. The van der Waals surface area contributed by atoms with Gasteiger partial charge < -0.3 is 14.5 Å². The van der Waals surface area contributed by atoms with E-state index in [1.807, 2.05) is 35.2 Å². The van der Waals surface area contributed by atoms with E-state index in [1.165, 1.54) is 4.57 Å². The van der Waals surface area contributed by atoms with Crippen LogP contribution in [0, 0.1) is 5.92 Å². The predicted octanol–water partition coefficient (Wildman–Crippen LogP) is 2.23. The van der Waals surface area contributed by atoms with Gasteiger partial charge in [0.05, 0.1) is 19.4 Å². The Morgan fingerprint density at radius 1 is 1.19 bits per heavy atom. The number of fused-ring (bicyclic) bond motifs is 1. The van der Waals surface area contributed by atoms with Crippen LogP contribution in [0.15, 0.2) is 41.3 Å². The Hall–Kier alpha value is -3.17. The van der Waals surface area contributed by atoms with Gasteiger partial charge in [0.25, 0.3) is 0 Å². The van der Waals surface area contributed by atoms with Crippen molar-refractivity contribution in [1.29, 1.82) is 0 Å². The maximum Gasteiger partial charge on any atom is 0.338 e. The number of hydrogen-bond acceptors (Lipinski definition) is 6. The van der Waals surface area contributed by atoms with Crippen LogP contribution in [-0.2, 0) is 11.8 Å². The lowest BCUT2D eigenvalue weighted by atomic mass is 9.99. The fraction of sp³-hybridized carbons (Fsp3) is 0.364. The summed E-state index contributed by atoms with van der Waals surface area (Å²) < 4.78 is 7.93. The van der Waals surface area contributed by atoms with Gasteiger partial charge >= 0.3 is 11.7 Å². The van der Waals surface area contributed by atoms with Gasteiger partial charge in [0, 0.05) is 44.2 Å². The summed E-state index contributed by atoms with van der Waals surface area (Å²) >= 11 is 5.91. The molecule has 0 N–H and O–H groups in total. The van der Waals surface area contributed by atoms with Crippen molar-refractivity contribution in [1.82, 2.24) is 24.0 Å². The molecule has 0 radical (unpaired) electrons. The molecular weight excluding hydrogens is 432 g/mol. The molecule has 2 fully saturated rings. The molecule has 166 valence electrons. The average molecular weight is 455 g/mol. The minimum absolute atomic E-state index is 0.240. The van der Waals surface area contributed by atoms with Crippen LogP contribution >= 0.6 is 11.6 Å². The average Bonchev–Trinajstić information content (AvgIpc) is 3.04. The lowest BCUT2D eigenvalue weighted by Gasteiger charge is -2.37. The molecule has 2 saturated heterocycles. The molecule has 9 nitrogen and oxygen atoms in total. The van der Waals surface area contributed by atoms with Crippen LogP contribution in [0.5, 0.6) is 0 Å². The number of aromatic nitrogens is 4. The normalized spacial score (nSPS) is 17.3. The van der Waals surface area contributed by atoms with E-state index in [0.29, 0.717) is 61.5 Å². The van der Waals surface area contributed by atoms with Gasteiger partial charge in [-0.15, -0.1) is 0 Å². The SMILES string of the molecule is Cn1c(=O)n(C(=O)N2CC(/C=C/c3ccc(Cl)cc3)C2)c2cnc(N3CCOCC3)nc21. The van der Waals surface area contributed by atoms with Gasteiger partial charge in [0.15, 0.2) is 5.65 Å². The number of carbonyl (C=O) groups is 1. The lowest BCUT2D eigenvalue weighted by Crippen LogP contribution is -2.52. The number of ether oxygens (including phenoxy) is 1. The van der Waals surface area contributed by atoms with Crippen molar-refractivity contribution in [2.24, 2.45) is 13.0 Å². The molecule has 0 atom stereocenters. The van der Waals surface area contributed by atoms with Gasteiger partial charge in [0.2, 0.25) is 5.95 Å². The molecule has 3 aromatic rings. The number of benzene rings is 1. The second kappa shape index (κ2) is 8.40. The molecule has 32 heavy (non-hydrogen) atoms. The molecule has 0 spiro atoms. The number of nitrogens with zero attached hydrogens (tertiary/aromatic N) is 6. The Balaban J connectivity index is 1.32. The molecule has 0 unspecified atom stereocenters. The highest BCUT2D eigenvalue weighted by molar-refractivity contribution is 6.30. The molecule has 1 aromatic carbocycles. The quantitative estimate of drug-likeness (QED) is 0.603. The van der Waals surface area contributed by atoms with E-state index in [0.717, 1.165) is 10.1 Å². The van der Waals surface area contributed by atoms with Crippen LogP contribution in [0.2, 0.25) is 5.02 Å². The first-order valence-electron chi connectivity index (χ1n) is 10.5. The molecule has 0 bridgehead atoms. The molecule has 2 aliphatic rings. The van der Waals surface area contributed by atoms with Crippen LogP contribution in [0.1, 0.15) is 5.56 Å². The molecule has 10 heteroatoms. The van der Waals surface area contributed by atoms with Crippen molar-refractivity contribution < 1.29 is 9.53 Å². The minimum atomic E-state index is -0.418. The van der Waals surface area contributed by atoms with Crippen LogP contribution in [0.25, 0.3) is 17.2 Å². The summed E-state index contributed by atoms with van der Waals surface area (Å²) in [4.78, 5) is 38.6. The smallest absolute Gasteiger partial charge is 0.338 e. The number of amides is 1. The third-order valence-corrected chi connectivity index (χ3v) is 6.12. The lowest BCUT2D eigenvalue weighted by molar-refractivity contribution is 0.122. The minimum Gasteiger partial charge on any atom is -0.378 e. The number of hydrogen-bond donors (Lipinski definition) is 0. The van der Waals surface area contributed by atoms with Gasteiger partial charge in [-0.1, -0.05) is 35.9 Å². The molecule has 2 aromatic heterocycles. The topological polar surface area (TPSA) is 85.5 Å². The number of aryl methyl sites for hydroxylation is 1. The zero-order chi connectivity index (χ0) is 22.2. The number of anilines is 1. The molecule has 0 aliphatic carbocycles. The number of morpholine rings is 1. The monoisotopic (exact) mass is 454 g/mol.